The number of imide groups is 1. The first kappa shape index (κ1) is 18.6. The normalized spacial score (nSPS) is 22.5. The molecule has 2 heterocycles. The second-order valence-corrected chi connectivity index (χ2v) is 9.64. The van der Waals surface area contributed by atoms with Crippen molar-refractivity contribution in [1.82, 2.24) is 9.96 Å². The number of hydrogen-bond acceptors (Lipinski definition) is 4. The van der Waals surface area contributed by atoms with Crippen molar-refractivity contribution < 1.29 is 9.59 Å². The van der Waals surface area contributed by atoms with Gasteiger partial charge in [0.25, 0.3) is 11.8 Å². The van der Waals surface area contributed by atoms with Crippen LogP contribution in [0.4, 0.5) is 0 Å². The Kier molecular flexibility index (Phi) is 4.04. The fourth-order valence-electron chi connectivity index (χ4n) is 4.80. The van der Waals surface area contributed by atoms with E-state index in [1.54, 1.807) is 12.1 Å². The summed E-state index contributed by atoms with van der Waals surface area (Å²) in [4.78, 5) is 28.0. The number of benzene rings is 2. The van der Waals surface area contributed by atoms with Crippen LogP contribution in [0.1, 0.15) is 61.3 Å². The van der Waals surface area contributed by atoms with E-state index < -0.39 is 11.1 Å². The van der Waals surface area contributed by atoms with Gasteiger partial charge in [-0.2, -0.15) is 0 Å². The van der Waals surface area contributed by atoms with Gasteiger partial charge in [-0.25, -0.2) is 0 Å². The minimum absolute atomic E-state index is 0.271. The quantitative estimate of drug-likeness (QED) is 0.615. The standard InChI is InChI=1S/C21H22BrN2O3/c1-20(2)10-12(11-21(3,4)24(20)27)23-18(25)14-7-5-6-13-16(22)9-8-15(17(13)14)19(23)26/h5-9,12H,10-11H2,1-4H3/q-1. The van der Waals surface area contributed by atoms with Crippen molar-refractivity contribution in [2.75, 3.05) is 0 Å². The van der Waals surface area contributed by atoms with Gasteiger partial charge in [-0.1, -0.05) is 28.1 Å². The molecule has 0 aromatic heterocycles. The minimum Gasteiger partial charge on any atom is -0.784 e. The number of nitrogens with zero attached hydrogens (tertiary/aromatic N) is 2. The number of carbonyl (C=O) groups is 2. The molecule has 4 rings (SSSR count). The molecule has 5 nitrogen and oxygen atoms in total. The van der Waals surface area contributed by atoms with Gasteiger partial charge in [-0.05, 0) is 64.1 Å². The van der Waals surface area contributed by atoms with Gasteiger partial charge >= 0.3 is 0 Å². The zero-order valence-corrected chi connectivity index (χ0v) is 17.5. The molecule has 0 radical (unpaired) electrons. The lowest BCUT2D eigenvalue weighted by Gasteiger charge is -2.61. The van der Waals surface area contributed by atoms with Crippen molar-refractivity contribution >= 4 is 38.5 Å². The van der Waals surface area contributed by atoms with Crippen molar-refractivity contribution in [1.29, 1.82) is 0 Å². The maximum Gasteiger partial charge on any atom is 0.261 e. The van der Waals surface area contributed by atoms with Crippen molar-refractivity contribution in [3.8, 4) is 0 Å². The van der Waals surface area contributed by atoms with Gasteiger partial charge < -0.3 is 10.3 Å². The number of amides is 2. The Labute approximate surface area is 167 Å². The van der Waals surface area contributed by atoms with E-state index in [2.05, 4.69) is 15.9 Å². The van der Waals surface area contributed by atoms with Crippen LogP contribution in [0.5, 0.6) is 0 Å². The third-order valence-electron chi connectivity index (χ3n) is 5.82. The fraction of sp³-hybridized carbons (Fsp3) is 0.429. The maximum absolute atomic E-state index is 13.3. The second kappa shape index (κ2) is 5.87. The minimum atomic E-state index is -0.654. The Morgan fingerprint density at radius 3 is 2.11 bits per heavy atom. The Morgan fingerprint density at radius 2 is 1.52 bits per heavy atom. The third-order valence-corrected chi connectivity index (χ3v) is 6.51. The lowest BCUT2D eigenvalue weighted by atomic mass is 9.77. The van der Waals surface area contributed by atoms with Gasteiger partial charge in [0, 0.05) is 38.1 Å². The van der Waals surface area contributed by atoms with Gasteiger partial charge in [0.2, 0.25) is 0 Å². The summed E-state index contributed by atoms with van der Waals surface area (Å²) in [5, 5.41) is 15.4. The highest BCUT2D eigenvalue weighted by Crippen LogP contribution is 2.42. The highest BCUT2D eigenvalue weighted by atomic mass is 79.9. The van der Waals surface area contributed by atoms with E-state index in [1.807, 2.05) is 45.9 Å². The molecule has 0 saturated carbocycles. The number of hydroxylamine groups is 2. The Morgan fingerprint density at radius 1 is 0.963 bits per heavy atom. The molecule has 0 bridgehead atoms. The van der Waals surface area contributed by atoms with Crippen LogP contribution in [-0.4, -0.2) is 38.9 Å². The van der Waals surface area contributed by atoms with Crippen LogP contribution in [0, 0.1) is 5.21 Å². The smallest absolute Gasteiger partial charge is 0.261 e. The molecule has 2 aliphatic heterocycles. The molecule has 2 amide bonds. The zero-order chi connectivity index (χ0) is 19.7. The van der Waals surface area contributed by atoms with E-state index in [4.69, 9.17) is 0 Å². The summed E-state index contributed by atoms with van der Waals surface area (Å²) in [6.07, 6.45) is 0.915. The van der Waals surface area contributed by atoms with Crippen molar-refractivity contribution in [2.45, 2.75) is 57.7 Å². The van der Waals surface area contributed by atoms with Gasteiger partial charge in [0.1, 0.15) is 0 Å². The van der Waals surface area contributed by atoms with Crippen LogP contribution < -0.4 is 0 Å². The van der Waals surface area contributed by atoms with E-state index in [-0.39, 0.29) is 17.9 Å². The first-order valence-corrected chi connectivity index (χ1v) is 9.90. The number of halogens is 1. The zero-order valence-electron chi connectivity index (χ0n) is 15.9. The van der Waals surface area contributed by atoms with Gasteiger partial charge in [0.05, 0.1) is 0 Å². The SMILES string of the molecule is CC1(C)CC(N2C(=O)c3cccc4c(Br)ccc(c34)C2=O)CC(C)(C)N1[O-]. The third kappa shape index (κ3) is 2.65. The summed E-state index contributed by atoms with van der Waals surface area (Å²) in [6, 6.07) is 8.83. The highest BCUT2D eigenvalue weighted by Gasteiger charge is 2.46. The lowest BCUT2D eigenvalue weighted by molar-refractivity contribution is -0.0223. The Hall–Kier alpha value is -1.76. The largest absolute Gasteiger partial charge is 0.784 e. The van der Waals surface area contributed by atoms with Gasteiger partial charge in [-0.3, -0.25) is 14.5 Å². The summed E-state index contributed by atoms with van der Waals surface area (Å²) in [6.45, 7) is 7.49. The van der Waals surface area contributed by atoms with Crippen LogP contribution in [0.3, 0.4) is 0 Å². The van der Waals surface area contributed by atoms with Crippen LogP contribution >= 0.6 is 15.9 Å². The Balaban J connectivity index is 1.84. The van der Waals surface area contributed by atoms with Crippen LogP contribution in [0.2, 0.25) is 0 Å². The molecule has 0 atom stereocenters. The molecule has 1 fully saturated rings. The maximum atomic E-state index is 13.3. The average molecular weight is 430 g/mol. The second-order valence-electron chi connectivity index (χ2n) is 8.78. The monoisotopic (exact) mass is 429 g/mol. The molecule has 1 saturated heterocycles. The number of carbonyl (C=O) groups excluding carboxylic acids is 2. The molecule has 0 unspecified atom stereocenters. The molecule has 0 aliphatic carbocycles. The van der Waals surface area contributed by atoms with E-state index in [9.17, 15) is 14.8 Å². The lowest BCUT2D eigenvalue weighted by Crippen LogP contribution is -2.63. The molecule has 27 heavy (non-hydrogen) atoms. The molecule has 6 heteroatoms. The highest BCUT2D eigenvalue weighted by molar-refractivity contribution is 9.10. The Bertz CT molecular complexity index is 943. The van der Waals surface area contributed by atoms with E-state index in [0.29, 0.717) is 29.4 Å². The number of piperidine rings is 1. The first-order valence-electron chi connectivity index (χ1n) is 9.11. The van der Waals surface area contributed by atoms with Gasteiger partial charge in [0.15, 0.2) is 0 Å². The van der Waals surface area contributed by atoms with E-state index >= 15 is 0 Å². The molecule has 2 aliphatic rings. The topological polar surface area (TPSA) is 63.7 Å². The summed E-state index contributed by atoms with van der Waals surface area (Å²) in [7, 11) is 0. The molecule has 2 aromatic rings. The first-order chi connectivity index (χ1) is 12.5. The summed E-state index contributed by atoms with van der Waals surface area (Å²) < 4.78 is 0.860. The van der Waals surface area contributed by atoms with Crippen LogP contribution in [0.15, 0.2) is 34.8 Å². The predicted octanol–water partition coefficient (Wildman–Crippen LogP) is 4.72. The molecule has 0 N–H and O–H groups in total. The number of hydrogen-bond donors (Lipinski definition) is 0. The summed E-state index contributed by atoms with van der Waals surface area (Å²) in [5.74, 6) is -0.542. The van der Waals surface area contributed by atoms with Crippen molar-refractivity contribution in [3.63, 3.8) is 0 Å². The molecule has 2 aromatic carbocycles. The van der Waals surface area contributed by atoms with E-state index in [1.165, 1.54) is 4.90 Å². The summed E-state index contributed by atoms with van der Waals surface area (Å²) in [5.41, 5.74) is -0.218. The summed E-state index contributed by atoms with van der Waals surface area (Å²) >= 11 is 3.51. The number of rotatable bonds is 1. The van der Waals surface area contributed by atoms with Crippen LogP contribution in [0.25, 0.3) is 10.8 Å². The molecule has 0 spiro atoms. The van der Waals surface area contributed by atoms with Crippen LogP contribution in [-0.2, 0) is 0 Å². The average Bonchev–Trinajstić information content (AvgIpc) is 2.58. The molecule has 142 valence electrons. The van der Waals surface area contributed by atoms with Crippen molar-refractivity contribution in [2.24, 2.45) is 0 Å². The van der Waals surface area contributed by atoms with Crippen molar-refractivity contribution in [3.05, 3.63) is 51.1 Å². The molecular weight excluding hydrogens is 408 g/mol. The predicted molar refractivity (Wildman–Crippen MR) is 109 cm³/mol. The fourth-order valence-corrected chi connectivity index (χ4v) is 5.27. The van der Waals surface area contributed by atoms with Gasteiger partial charge in [-0.15, -0.1) is 0 Å². The van der Waals surface area contributed by atoms with E-state index in [0.717, 1.165) is 14.9 Å². The molecular formula is C21H22BrN2O3-.